The molecule has 0 amide bonds. The van der Waals surface area contributed by atoms with Gasteiger partial charge in [-0.1, -0.05) is 12.8 Å². The third kappa shape index (κ3) is 2.24. The molecule has 2 aromatic heterocycles. The van der Waals surface area contributed by atoms with Crippen LogP contribution in [0.5, 0.6) is 0 Å². The number of fused-ring (bicyclic) bond motifs is 1. The summed E-state index contributed by atoms with van der Waals surface area (Å²) in [6.45, 7) is 0.742. The van der Waals surface area contributed by atoms with Gasteiger partial charge in [0.05, 0.1) is 6.54 Å². The van der Waals surface area contributed by atoms with Gasteiger partial charge in [0.2, 0.25) is 0 Å². The molecule has 3 rings (SSSR count). The average molecular weight is 231 g/mol. The molecule has 1 aliphatic carbocycles. The average Bonchev–Trinajstić information content (AvgIpc) is 2.94. The summed E-state index contributed by atoms with van der Waals surface area (Å²) in [5, 5.41) is 7.91. The molecule has 1 saturated carbocycles. The smallest absolute Gasteiger partial charge is 0.165 e. The summed E-state index contributed by atoms with van der Waals surface area (Å²) in [4.78, 5) is 4.44. The predicted octanol–water partition coefficient (Wildman–Crippen LogP) is 1.34. The summed E-state index contributed by atoms with van der Waals surface area (Å²) in [6.07, 6.45) is 7.08. The number of aromatic nitrogens is 3. The fourth-order valence-corrected chi connectivity index (χ4v) is 2.38. The highest BCUT2D eigenvalue weighted by molar-refractivity contribution is 5.50. The van der Waals surface area contributed by atoms with Gasteiger partial charge in [0, 0.05) is 24.0 Å². The molecule has 5 nitrogen and oxygen atoms in total. The van der Waals surface area contributed by atoms with E-state index in [2.05, 4.69) is 15.4 Å². The molecule has 17 heavy (non-hydrogen) atoms. The fraction of sp³-hybridized carbons (Fsp3) is 0.500. The van der Waals surface area contributed by atoms with Crippen LogP contribution in [0.15, 0.2) is 18.3 Å². The molecule has 0 radical (unpaired) electrons. The van der Waals surface area contributed by atoms with E-state index in [0.717, 1.165) is 23.7 Å². The van der Waals surface area contributed by atoms with Crippen LogP contribution in [0.25, 0.3) is 5.65 Å². The van der Waals surface area contributed by atoms with Gasteiger partial charge in [0.1, 0.15) is 0 Å². The van der Waals surface area contributed by atoms with E-state index in [4.69, 9.17) is 5.73 Å². The molecule has 0 aliphatic heterocycles. The minimum absolute atomic E-state index is 0.645. The highest BCUT2D eigenvalue weighted by atomic mass is 15.3. The lowest BCUT2D eigenvalue weighted by Gasteiger charge is -2.08. The number of nitrogen functional groups attached to an aromatic ring is 1. The summed E-state index contributed by atoms with van der Waals surface area (Å²) in [5.74, 6) is 0.836. The Balaban J connectivity index is 1.72. The van der Waals surface area contributed by atoms with Gasteiger partial charge in [-0.3, -0.25) is 0 Å². The van der Waals surface area contributed by atoms with Crippen molar-refractivity contribution in [3.63, 3.8) is 0 Å². The topological polar surface area (TPSA) is 68.2 Å². The Hall–Kier alpha value is -1.62. The number of nitrogens with zero attached hydrogens (tertiary/aromatic N) is 3. The number of rotatable bonds is 3. The van der Waals surface area contributed by atoms with Crippen LogP contribution in [0.1, 0.15) is 31.5 Å². The van der Waals surface area contributed by atoms with Crippen LogP contribution < -0.4 is 11.1 Å². The standard InChI is InChI=1S/C12H17N5/c13-9-5-6-17-12(7-9)15-11(16-17)8-14-10-3-1-2-4-10/h5-7,10,14H,1-4,8,13H2. The first-order valence-electron chi connectivity index (χ1n) is 6.15. The summed E-state index contributed by atoms with van der Waals surface area (Å²) in [6, 6.07) is 4.31. The second-order valence-electron chi connectivity index (χ2n) is 4.65. The molecule has 1 fully saturated rings. The van der Waals surface area contributed by atoms with E-state index >= 15 is 0 Å². The van der Waals surface area contributed by atoms with Crippen molar-refractivity contribution >= 4 is 11.3 Å². The Morgan fingerprint density at radius 2 is 2.24 bits per heavy atom. The normalized spacial score (nSPS) is 16.9. The van der Waals surface area contributed by atoms with E-state index in [9.17, 15) is 0 Å². The fourth-order valence-electron chi connectivity index (χ4n) is 2.38. The van der Waals surface area contributed by atoms with Crippen LogP contribution >= 0.6 is 0 Å². The molecule has 0 atom stereocenters. The lowest BCUT2D eigenvalue weighted by Crippen LogP contribution is -2.25. The van der Waals surface area contributed by atoms with E-state index in [1.807, 2.05) is 18.3 Å². The minimum atomic E-state index is 0.645. The van der Waals surface area contributed by atoms with Crippen molar-refractivity contribution in [2.45, 2.75) is 38.3 Å². The molecule has 0 bridgehead atoms. The molecule has 2 aromatic rings. The van der Waals surface area contributed by atoms with Crippen molar-refractivity contribution in [2.24, 2.45) is 0 Å². The maximum atomic E-state index is 5.71. The van der Waals surface area contributed by atoms with E-state index in [0.29, 0.717) is 6.04 Å². The van der Waals surface area contributed by atoms with Gasteiger partial charge in [0.15, 0.2) is 11.5 Å². The molecule has 2 heterocycles. The quantitative estimate of drug-likeness (QED) is 0.836. The molecular formula is C12H17N5. The van der Waals surface area contributed by atoms with Crippen LogP contribution in [0.4, 0.5) is 5.69 Å². The number of nitrogens with one attached hydrogen (secondary N) is 1. The number of hydrogen-bond acceptors (Lipinski definition) is 4. The second kappa shape index (κ2) is 4.33. The first-order chi connectivity index (χ1) is 8.31. The van der Waals surface area contributed by atoms with Crippen LogP contribution in [-0.2, 0) is 6.54 Å². The van der Waals surface area contributed by atoms with Gasteiger partial charge >= 0.3 is 0 Å². The Morgan fingerprint density at radius 1 is 1.41 bits per heavy atom. The second-order valence-corrected chi connectivity index (χ2v) is 4.65. The third-order valence-electron chi connectivity index (χ3n) is 3.31. The highest BCUT2D eigenvalue weighted by Crippen LogP contribution is 2.17. The molecule has 90 valence electrons. The van der Waals surface area contributed by atoms with Crippen molar-refractivity contribution in [1.82, 2.24) is 19.9 Å². The zero-order valence-corrected chi connectivity index (χ0v) is 9.76. The zero-order valence-electron chi connectivity index (χ0n) is 9.76. The van der Waals surface area contributed by atoms with Gasteiger partial charge in [-0.05, 0) is 18.9 Å². The Morgan fingerprint density at radius 3 is 3.06 bits per heavy atom. The van der Waals surface area contributed by atoms with E-state index in [-0.39, 0.29) is 0 Å². The van der Waals surface area contributed by atoms with Crippen molar-refractivity contribution in [1.29, 1.82) is 0 Å². The molecule has 3 N–H and O–H groups in total. The SMILES string of the molecule is Nc1ccn2nc(CNC3CCCC3)nc2c1. The van der Waals surface area contributed by atoms with Crippen LogP contribution in [-0.4, -0.2) is 20.6 Å². The highest BCUT2D eigenvalue weighted by Gasteiger charge is 2.14. The summed E-state index contributed by atoms with van der Waals surface area (Å²) in [5.41, 5.74) is 7.25. The van der Waals surface area contributed by atoms with Crippen LogP contribution in [0.2, 0.25) is 0 Å². The van der Waals surface area contributed by atoms with Crippen LogP contribution in [0, 0.1) is 0 Å². The summed E-state index contributed by atoms with van der Waals surface area (Å²) < 4.78 is 1.77. The van der Waals surface area contributed by atoms with Gasteiger partial charge in [-0.25, -0.2) is 9.50 Å². The zero-order chi connectivity index (χ0) is 11.7. The lowest BCUT2D eigenvalue weighted by atomic mass is 10.2. The van der Waals surface area contributed by atoms with Gasteiger partial charge in [-0.15, -0.1) is 5.10 Å². The van der Waals surface area contributed by atoms with Crippen molar-refractivity contribution < 1.29 is 0 Å². The first kappa shape index (κ1) is 10.5. The van der Waals surface area contributed by atoms with E-state index < -0.39 is 0 Å². The summed E-state index contributed by atoms with van der Waals surface area (Å²) in [7, 11) is 0. The predicted molar refractivity (Wildman–Crippen MR) is 66.5 cm³/mol. The monoisotopic (exact) mass is 231 g/mol. The van der Waals surface area contributed by atoms with Crippen LogP contribution in [0.3, 0.4) is 0 Å². The maximum Gasteiger partial charge on any atom is 0.165 e. The molecule has 0 unspecified atom stereocenters. The van der Waals surface area contributed by atoms with E-state index in [1.165, 1.54) is 25.7 Å². The first-order valence-corrected chi connectivity index (χ1v) is 6.15. The molecule has 1 aliphatic rings. The Labute approximate surface area is 100 Å². The van der Waals surface area contributed by atoms with Gasteiger partial charge < -0.3 is 11.1 Å². The lowest BCUT2D eigenvalue weighted by molar-refractivity contribution is 0.513. The minimum Gasteiger partial charge on any atom is -0.399 e. The Kier molecular flexibility index (Phi) is 2.68. The third-order valence-corrected chi connectivity index (χ3v) is 3.31. The molecule has 0 saturated heterocycles. The largest absolute Gasteiger partial charge is 0.399 e. The van der Waals surface area contributed by atoms with Gasteiger partial charge in [-0.2, -0.15) is 0 Å². The molecule has 0 aromatic carbocycles. The number of pyridine rings is 1. The molecular weight excluding hydrogens is 214 g/mol. The number of nitrogens with two attached hydrogens (primary N) is 1. The van der Waals surface area contributed by atoms with E-state index in [1.54, 1.807) is 4.52 Å². The van der Waals surface area contributed by atoms with Crippen molar-refractivity contribution in [2.75, 3.05) is 5.73 Å². The number of anilines is 1. The maximum absolute atomic E-state index is 5.71. The Bertz CT molecular complexity index is 513. The van der Waals surface area contributed by atoms with Crippen molar-refractivity contribution in [3.8, 4) is 0 Å². The molecule has 5 heteroatoms. The molecule has 0 spiro atoms. The van der Waals surface area contributed by atoms with Gasteiger partial charge in [0.25, 0.3) is 0 Å². The number of hydrogen-bond donors (Lipinski definition) is 2. The van der Waals surface area contributed by atoms with Crippen molar-refractivity contribution in [3.05, 3.63) is 24.2 Å². The summed E-state index contributed by atoms with van der Waals surface area (Å²) >= 11 is 0.